The van der Waals surface area contributed by atoms with Crippen LogP contribution in [0.4, 0.5) is 0 Å². The lowest BCUT2D eigenvalue weighted by atomic mass is 9.95. The van der Waals surface area contributed by atoms with E-state index in [1.165, 1.54) is 16.7 Å². The molecular formula is C22H26ClN3O. The Morgan fingerprint density at radius 3 is 2.67 bits per heavy atom. The smallest absolute Gasteiger partial charge is 0.0721 e. The van der Waals surface area contributed by atoms with Crippen molar-refractivity contribution in [3.05, 3.63) is 76.9 Å². The Morgan fingerprint density at radius 2 is 1.89 bits per heavy atom. The highest BCUT2D eigenvalue weighted by molar-refractivity contribution is 6.30. The second-order valence-electron chi connectivity index (χ2n) is 7.33. The third-order valence-electron chi connectivity index (χ3n) is 5.22. The van der Waals surface area contributed by atoms with Crippen LogP contribution in [0.2, 0.25) is 5.02 Å². The second kappa shape index (κ2) is 8.44. The number of morpholine rings is 1. The molecule has 0 saturated carbocycles. The molecule has 0 spiro atoms. The summed E-state index contributed by atoms with van der Waals surface area (Å²) in [5.41, 5.74) is 7.39. The zero-order valence-electron chi connectivity index (χ0n) is 15.6. The molecule has 0 aliphatic carbocycles. The maximum atomic E-state index is 6.10. The SMILES string of the molecule is CN1C=C(c2ccc(Cl)cc2)C(CC2CN(Cc3ccccc3)CCO2)N1. The Hall–Kier alpha value is -1.85. The molecular weight excluding hydrogens is 358 g/mol. The predicted octanol–water partition coefficient (Wildman–Crippen LogP) is 3.79. The monoisotopic (exact) mass is 383 g/mol. The highest BCUT2D eigenvalue weighted by Crippen LogP contribution is 2.28. The molecule has 4 rings (SSSR count). The summed E-state index contributed by atoms with van der Waals surface area (Å²) in [5, 5.41) is 2.81. The van der Waals surface area contributed by atoms with Crippen molar-refractivity contribution in [2.75, 3.05) is 26.7 Å². The fourth-order valence-corrected chi connectivity index (χ4v) is 4.05. The molecule has 2 aliphatic heterocycles. The number of rotatable bonds is 5. The van der Waals surface area contributed by atoms with Crippen LogP contribution < -0.4 is 5.43 Å². The summed E-state index contributed by atoms with van der Waals surface area (Å²) >= 11 is 6.05. The molecule has 27 heavy (non-hydrogen) atoms. The molecule has 2 aliphatic rings. The van der Waals surface area contributed by atoms with Gasteiger partial charge in [0, 0.05) is 37.9 Å². The van der Waals surface area contributed by atoms with E-state index in [-0.39, 0.29) is 12.1 Å². The number of hydrogen-bond donors (Lipinski definition) is 1. The highest BCUT2D eigenvalue weighted by atomic mass is 35.5. The number of hydrazine groups is 1. The predicted molar refractivity (Wildman–Crippen MR) is 110 cm³/mol. The fourth-order valence-electron chi connectivity index (χ4n) is 3.92. The van der Waals surface area contributed by atoms with E-state index in [9.17, 15) is 0 Å². The van der Waals surface area contributed by atoms with Crippen molar-refractivity contribution in [1.29, 1.82) is 0 Å². The number of hydrogen-bond acceptors (Lipinski definition) is 4. The van der Waals surface area contributed by atoms with E-state index in [1.54, 1.807) is 0 Å². The first-order chi connectivity index (χ1) is 13.2. The second-order valence-corrected chi connectivity index (χ2v) is 7.77. The summed E-state index contributed by atoms with van der Waals surface area (Å²) in [7, 11) is 2.04. The van der Waals surface area contributed by atoms with Crippen LogP contribution in [0.15, 0.2) is 60.8 Å². The van der Waals surface area contributed by atoms with E-state index in [4.69, 9.17) is 16.3 Å². The summed E-state index contributed by atoms with van der Waals surface area (Å²) in [6.45, 7) is 3.73. The number of halogens is 1. The van der Waals surface area contributed by atoms with Gasteiger partial charge >= 0.3 is 0 Å². The van der Waals surface area contributed by atoms with Gasteiger partial charge in [-0.25, -0.2) is 5.43 Å². The first-order valence-electron chi connectivity index (χ1n) is 9.52. The molecule has 0 amide bonds. The summed E-state index contributed by atoms with van der Waals surface area (Å²) in [4.78, 5) is 2.49. The Morgan fingerprint density at radius 1 is 1.11 bits per heavy atom. The van der Waals surface area contributed by atoms with Crippen LogP contribution in [-0.2, 0) is 11.3 Å². The normalized spacial score (nSPS) is 23.5. The van der Waals surface area contributed by atoms with Gasteiger partial charge in [0.05, 0.1) is 18.8 Å². The van der Waals surface area contributed by atoms with Crippen molar-refractivity contribution >= 4 is 17.2 Å². The van der Waals surface area contributed by atoms with E-state index in [0.717, 1.165) is 37.7 Å². The Labute approximate surface area is 166 Å². The molecule has 5 heteroatoms. The Balaban J connectivity index is 1.40. The Kier molecular flexibility index (Phi) is 5.79. The van der Waals surface area contributed by atoms with Crippen LogP contribution in [-0.4, -0.2) is 48.8 Å². The first-order valence-corrected chi connectivity index (χ1v) is 9.90. The molecule has 1 fully saturated rings. The molecule has 0 aromatic heterocycles. The molecule has 1 saturated heterocycles. The lowest BCUT2D eigenvalue weighted by Gasteiger charge is -2.34. The topological polar surface area (TPSA) is 27.7 Å². The molecule has 2 heterocycles. The van der Waals surface area contributed by atoms with Gasteiger partial charge in [-0.2, -0.15) is 0 Å². The lowest BCUT2D eigenvalue weighted by Crippen LogP contribution is -2.45. The van der Waals surface area contributed by atoms with Crippen LogP contribution >= 0.6 is 11.6 Å². The zero-order valence-corrected chi connectivity index (χ0v) is 16.4. The first kappa shape index (κ1) is 18.5. The average molecular weight is 384 g/mol. The van der Waals surface area contributed by atoms with E-state index in [1.807, 2.05) is 24.2 Å². The number of nitrogens with one attached hydrogen (secondary N) is 1. The van der Waals surface area contributed by atoms with Gasteiger partial charge in [0.2, 0.25) is 0 Å². The van der Waals surface area contributed by atoms with Crippen LogP contribution in [0.5, 0.6) is 0 Å². The summed E-state index contributed by atoms with van der Waals surface area (Å²) in [6.07, 6.45) is 3.34. The minimum absolute atomic E-state index is 0.224. The van der Waals surface area contributed by atoms with Gasteiger partial charge < -0.3 is 9.75 Å². The van der Waals surface area contributed by atoms with Gasteiger partial charge in [0.15, 0.2) is 0 Å². The third kappa shape index (κ3) is 4.71. The van der Waals surface area contributed by atoms with Gasteiger partial charge in [0.25, 0.3) is 0 Å². The van der Waals surface area contributed by atoms with Crippen molar-refractivity contribution in [3.63, 3.8) is 0 Å². The van der Waals surface area contributed by atoms with Gasteiger partial charge in [-0.3, -0.25) is 4.90 Å². The Bertz CT molecular complexity index is 778. The molecule has 2 unspecified atom stereocenters. The highest BCUT2D eigenvalue weighted by Gasteiger charge is 2.29. The maximum Gasteiger partial charge on any atom is 0.0721 e. The molecule has 0 bridgehead atoms. The molecule has 2 aromatic rings. The molecule has 1 N–H and O–H groups in total. The third-order valence-corrected chi connectivity index (χ3v) is 5.47. The lowest BCUT2D eigenvalue weighted by molar-refractivity contribution is -0.0378. The zero-order chi connectivity index (χ0) is 18.6. The van der Waals surface area contributed by atoms with Crippen molar-refractivity contribution in [2.45, 2.75) is 25.1 Å². The van der Waals surface area contributed by atoms with Crippen molar-refractivity contribution < 1.29 is 4.74 Å². The quantitative estimate of drug-likeness (QED) is 0.850. The molecule has 4 nitrogen and oxygen atoms in total. The number of benzene rings is 2. The van der Waals surface area contributed by atoms with E-state index in [2.05, 4.69) is 59.0 Å². The maximum absolute atomic E-state index is 6.10. The van der Waals surface area contributed by atoms with Crippen LogP contribution in [0, 0.1) is 0 Å². The van der Waals surface area contributed by atoms with E-state index in [0.29, 0.717) is 0 Å². The minimum atomic E-state index is 0.224. The molecule has 0 radical (unpaired) electrons. The number of nitrogens with zero attached hydrogens (tertiary/aromatic N) is 2. The summed E-state index contributed by atoms with van der Waals surface area (Å²) in [6, 6.07) is 19.0. The van der Waals surface area contributed by atoms with Crippen molar-refractivity contribution in [3.8, 4) is 0 Å². The van der Waals surface area contributed by atoms with Crippen LogP contribution in [0.25, 0.3) is 5.57 Å². The average Bonchev–Trinajstić information content (AvgIpc) is 3.03. The van der Waals surface area contributed by atoms with Crippen LogP contribution in [0.3, 0.4) is 0 Å². The van der Waals surface area contributed by atoms with E-state index >= 15 is 0 Å². The largest absolute Gasteiger partial charge is 0.375 e. The van der Waals surface area contributed by atoms with Gasteiger partial charge in [-0.1, -0.05) is 54.1 Å². The standard InChI is InChI=1S/C22H26ClN3O/c1-25-16-21(18-7-9-19(23)10-8-18)22(24-25)13-20-15-26(11-12-27-20)14-17-5-3-2-4-6-17/h2-10,16,20,22,24H,11-15H2,1H3. The van der Waals surface area contributed by atoms with Crippen LogP contribution in [0.1, 0.15) is 17.5 Å². The number of ether oxygens (including phenoxy) is 1. The fraction of sp³-hybridized carbons (Fsp3) is 0.364. The van der Waals surface area contributed by atoms with E-state index < -0.39 is 0 Å². The minimum Gasteiger partial charge on any atom is -0.375 e. The van der Waals surface area contributed by atoms with Gasteiger partial charge in [-0.15, -0.1) is 0 Å². The van der Waals surface area contributed by atoms with Crippen molar-refractivity contribution in [2.24, 2.45) is 0 Å². The van der Waals surface area contributed by atoms with Crippen molar-refractivity contribution in [1.82, 2.24) is 15.3 Å². The van der Waals surface area contributed by atoms with Gasteiger partial charge in [-0.05, 0) is 35.3 Å². The molecule has 2 aromatic carbocycles. The summed E-state index contributed by atoms with van der Waals surface area (Å²) < 4.78 is 6.10. The summed E-state index contributed by atoms with van der Waals surface area (Å²) in [5.74, 6) is 0. The molecule has 142 valence electrons. The van der Waals surface area contributed by atoms with Gasteiger partial charge in [0.1, 0.15) is 0 Å². The molecule has 2 atom stereocenters.